The van der Waals surface area contributed by atoms with Crippen LogP contribution in [0, 0.1) is 0 Å². The van der Waals surface area contributed by atoms with Crippen molar-refractivity contribution in [1.29, 1.82) is 0 Å². The molecule has 1 heterocycles. The van der Waals surface area contributed by atoms with Crippen LogP contribution in [-0.2, 0) is 6.42 Å². The number of carbonyl (C=O) groups is 1. The first-order chi connectivity index (χ1) is 9.10. The van der Waals surface area contributed by atoms with Gasteiger partial charge >= 0.3 is 0 Å². The normalized spacial score (nSPS) is 12.2. The van der Waals surface area contributed by atoms with Gasteiger partial charge in [0.15, 0.2) is 0 Å². The highest BCUT2D eigenvalue weighted by atomic mass is 79.9. The predicted octanol–water partition coefficient (Wildman–Crippen LogP) is 3.96. The molecular formula is C14H15BrN2OS. The molecule has 0 radical (unpaired) electrons. The lowest BCUT2D eigenvalue weighted by Gasteiger charge is -2.11. The molecule has 0 spiro atoms. The number of rotatable bonds is 4. The van der Waals surface area contributed by atoms with E-state index < -0.39 is 0 Å². The van der Waals surface area contributed by atoms with Crippen molar-refractivity contribution in [3.8, 4) is 0 Å². The summed E-state index contributed by atoms with van der Waals surface area (Å²) < 4.78 is 0.898. The number of nitrogens with zero attached hydrogens (tertiary/aromatic N) is 1. The maximum absolute atomic E-state index is 12.1. The van der Waals surface area contributed by atoms with Crippen molar-refractivity contribution < 1.29 is 4.79 Å². The number of benzene rings is 1. The van der Waals surface area contributed by atoms with E-state index in [9.17, 15) is 4.79 Å². The molecule has 1 atom stereocenters. The van der Waals surface area contributed by atoms with Gasteiger partial charge in [0.2, 0.25) is 0 Å². The van der Waals surface area contributed by atoms with Gasteiger partial charge in [-0.05, 0) is 31.5 Å². The maximum atomic E-state index is 12.1. The summed E-state index contributed by atoms with van der Waals surface area (Å²) >= 11 is 5.01. The van der Waals surface area contributed by atoms with Crippen LogP contribution in [0.5, 0.6) is 0 Å². The number of hydrogen-bond donors (Lipinski definition) is 1. The minimum Gasteiger partial charge on any atom is -0.343 e. The van der Waals surface area contributed by atoms with Crippen molar-refractivity contribution in [1.82, 2.24) is 10.3 Å². The molecule has 1 aromatic heterocycles. The molecular weight excluding hydrogens is 324 g/mol. The van der Waals surface area contributed by atoms with Crippen LogP contribution in [0.2, 0.25) is 0 Å². The Hall–Kier alpha value is -1.20. The zero-order chi connectivity index (χ0) is 13.8. The average Bonchev–Trinajstić information content (AvgIpc) is 2.87. The maximum Gasteiger partial charge on any atom is 0.251 e. The molecule has 1 amide bonds. The van der Waals surface area contributed by atoms with Crippen LogP contribution in [0.15, 0.2) is 34.9 Å². The molecule has 0 saturated carbocycles. The molecule has 0 aliphatic rings. The highest BCUT2D eigenvalue weighted by Gasteiger charge is 2.14. The number of aromatic nitrogens is 1. The Balaban J connectivity index is 2.06. The largest absolute Gasteiger partial charge is 0.343 e. The van der Waals surface area contributed by atoms with Crippen LogP contribution in [-0.4, -0.2) is 10.9 Å². The van der Waals surface area contributed by atoms with E-state index in [1.165, 1.54) is 4.88 Å². The molecule has 0 aliphatic heterocycles. The summed E-state index contributed by atoms with van der Waals surface area (Å²) in [5.41, 5.74) is 0.647. The van der Waals surface area contributed by atoms with E-state index in [4.69, 9.17) is 0 Å². The lowest BCUT2D eigenvalue weighted by atomic mass is 10.2. The number of hydrogen-bond acceptors (Lipinski definition) is 3. The minimum atomic E-state index is -0.0814. The second kappa shape index (κ2) is 6.30. The molecule has 2 aromatic rings. The Morgan fingerprint density at radius 1 is 1.53 bits per heavy atom. The molecule has 0 bridgehead atoms. The van der Waals surface area contributed by atoms with Crippen LogP contribution >= 0.6 is 27.3 Å². The van der Waals surface area contributed by atoms with Crippen LogP contribution in [0.3, 0.4) is 0 Å². The lowest BCUT2D eigenvalue weighted by Crippen LogP contribution is -2.26. The first-order valence-corrected chi connectivity index (χ1v) is 7.72. The summed E-state index contributed by atoms with van der Waals surface area (Å²) in [5, 5.41) is 3.91. The second-order valence-corrected chi connectivity index (χ2v) is 6.29. The van der Waals surface area contributed by atoms with Gasteiger partial charge in [0.05, 0.1) is 6.04 Å². The van der Waals surface area contributed by atoms with Crippen LogP contribution in [0.25, 0.3) is 0 Å². The smallest absolute Gasteiger partial charge is 0.251 e. The molecule has 3 nitrogen and oxygen atoms in total. The summed E-state index contributed by atoms with van der Waals surface area (Å²) in [5.74, 6) is -0.0814. The van der Waals surface area contributed by atoms with Gasteiger partial charge in [0, 0.05) is 21.1 Å². The third-order valence-electron chi connectivity index (χ3n) is 2.72. The summed E-state index contributed by atoms with van der Waals surface area (Å²) in [6.07, 6.45) is 2.85. The summed E-state index contributed by atoms with van der Waals surface area (Å²) in [6.45, 7) is 4.05. The molecule has 1 aromatic carbocycles. The highest BCUT2D eigenvalue weighted by Crippen LogP contribution is 2.21. The topological polar surface area (TPSA) is 42.0 Å². The van der Waals surface area contributed by atoms with Crippen molar-refractivity contribution in [2.45, 2.75) is 26.3 Å². The van der Waals surface area contributed by atoms with E-state index in [1.807, 2.05) is 25.3 Å². The van der Waals surface area contributed by atoms with Crippen molar-refractivity contribution in [3.63, 3.8) is 0 Å². The first-order valence-electron chi connectivity index (χ1n) is 6.11. The van der Waals surface area contributed by atoms with Crippen LogP contribution in [0.4, 0.5) is 0 Å². The Morgan fingerprint density at radius 2 is 2.32 bits per heavy atom. The molecule has 19 heavy (non-hydrogen) atoms. The van der Waals surface area contributed by atoms with Crippen molar-refractivity contribution in [2.24, 2.45) is 0 Å². The molecule has 1 unspecified atom stereocenters. The van der Waals surface area contributed by atoms with Crippen LogP contribution in [0.1, 0.15) is 40.1 Å². The number of halogens is 1. The summed E-state index contributed by atoms with van der Waals surface area (Å²) in [6, 6.07) is 7.28. The number of nitrogens with one attached hydrogen (secondary N) is 1. The number of thiazole rings is 1. The van der Waals surface area contributed by atoms with Crippen molar-refractivity contribution >= 4 is 33.2 Å². The van der Waals surface area contributed by atoms with Gasteiger partial charge in [0.25, 0.3) is 5.91 Å². The average molecular weight is 339 g/mol. The van der Waals surface area contributed by atoms with Crippen molar-refractivity contribution in [2.75, 3.05) is 0 Å². The van der Waals surface area contributed by atoms with E-state index in [0.29, 0.717) is 5.56 Å². The predicted molar refractivity (Wildman–Crippen MR) is 81.5 cm³/mol. The number of carbonyl (C=O) groups excluding carboxylic acids is 1. The van der Waals surface area contributed by atoms with Gasteiger partial charge < -0.3 is 5.32 Å². The third kappa shape index (κ3) is 3.64. The van der Waals surface area contributed by atoms with Crippen LogP contribution < -0.4 is 5.32 Å². The first kappa shape index (κ1) is 14.2. The summed E-state index contributed by atoms with van der Waals surface area (Å²) in [7, 11) is 0. The summed E-state index contributed by atoms with van der Waals surface area (Å²) in [4.78, 5) is 17.7. The minimum absolute atomic E-state index is 0.0724. The van der Waals surface area contributed by atoms with Gasteiger partial charge in [-0.25, -0.2) is 4.98 Å². The molecule has 0 aliphatic carbocycles. The quantitative estimate of drug-likeness (QED) is 0.916. The standard InChI is InChI=1S/C14H15BrN2OS/c1-3-12-8-16-14(19-12)9(2)17-13(18)10-5-4-6-11(15)7-10/h4-9H,3H2,1-2H3,(H,17,18). The highest BCUT2D eigenvalue weighted by molar-refractivity contribution is 9.10. The Morgan fingerprint density at radius 3 is 2.95 bits per heavy atom. The Labute approximate surface area is 125 Å². The zero-order valence-electron chi connectivity index (χ0n) is 10.8. The lowest BCUT2D eigenvalue weighted by molar-refractivity contribution is 0.0940. The SMILES string of the molecule is CCc1cnc(C(C)NC(=O)c2cccc(Br)c2)s1. The van der Waals surface area contributed by atoms with Gasteiger partial charge in [-0.15, -0.1) is 11.3 Å². The van der Waals surface area contributed by atoms with E-state index in [0.717, 1.165) is 15.9 Å². The van der Waals surface area contributed by atoms with Gasteiger partial charge in [0.1, 0.15) is 5.01 Å². The Kier molecular flexibility index (Phi) is 4.71. The zero-order valence-corrected chi connectivity index (χ0v) is 13.2. The fourth-order valence-corrected chi connectivity index (χ4v) is 2.92. The monoisotopic (exact) mass is 338 g/mol. The van der Waals surface area contributed by atoms with E-state index in [1.54, 1.807) is 23.5 Å². The number of aryl methyl sites for hydroxylation is 1. The molecule has 1 N–H and O–H groups in total. The molecule has 100 valence electrons. The van der Waals surface area contributed by atoms with Gasteiger partial charge in [-0.2, -0.15) is 0 Å². The Bertz CT molecular complexity index is 582. The van der Waals surface area contributed by atoms with E-state index in [2.05, 4.69) is 33.2 Å². The van der Waals surface area contributed by atoms with Gasteiger partial charge in [-0.1, -0.05) is 28.9 Å². The molecule has 2 rings (SSSR count). The molecule has 0 fully saturated rings. The van der Waals surface area contributed by atoms with Crippen molar-refractivity contribution in [3.05, 3.63) is 50.4 Å². The van der Waals surface area contributed by atoms with E-state index >= 15 is 0 Å². The van der Waals surface area contributed by atoms with E-state index in [-0.39, 0.29) is 11.9 Å². The fraction of sp³-hybridized carbons (Fsp3) is 0.286. The second-order valence-electron chi connectivity index (χ2n) is 4.22. The van der Waals surface area contributed by atoms with Gasteiger partial charge in [-0.3, -0.25) is 4.79 Å². The fourth-order valence-electron chi connectivity index (χ4n) is 1.66. The number of amides is 1. The molecule has 0 saturated heterocycles. The third-order valence-corrected chi connectivity index (χ3v) is 4.54. The molecule has 5 heteroatoms.